The van der Waals surface area contributed by atoms with Gasteiger partial charge in [-0.1, -0.05) is 24.3 Å². The van der Waals surface area contributed by atoms with E-state index < -0.39 is 0 Å². The molecule has 0 amide bonds. The maximum Gasteiger partial charge on any atom is 0.118 e. The van der Waals surface area contributed by atoms with Crippen LogP contribution >= 0.6 is 0 Å². The second-order valence-corrected chi connectivity index (χ2v) is 3.67. The van der Waals surface area contributed by atoms with Gasteiger partial charge in [-0.15, -0.1) is 6.42 Å². The van der Waals surface area contributed by atoms with Gasteiger partial charge in [-0.25, -0.2) is 4.98 Å². The number of fused-ring (bicyclic) bond motifs is 1. The van der Waals surface area contributed by atoms with Crippen molar-refractivity contribution in [2.45, 2.75) is 6.61 Å². The number of ether oxygens (including phenoxy) is 1. The van der Waals surface area contributed by atoms with Gasteiger partial charge in [0, 0.05) is 18.9 Å². The van der Waals surface area contributed by atoms with E-state index in [1.54, 1.807) is 13.3 Å². The van der Waals surface area contributed by atoms with Gasteiger partial charge >= 0.3 is 0 Å². The molecular formula is C15H13NO. The first-order valence-electron chi connectivity index (χ1n) is 5.35. The molecule has 1 aromatic rings. The largest absolute Gasteiger partial charge is 0.380 e. The normalized spacial score (nSPS) is 9.88. The van der Waals surface area contributed by atoms with Crippen LogP contribution in [0.25, 0.3) is 11.1 Å². The van der Waals surface area contributed by atoms with Gasteiger partial charge in [0.25, 0.3) is 0 Å². The number of aromatic nitrogens is 1. The summed E-state index contributed by atoms with van der Waals surface area (Å²) in [5, 5.41) is 0. The number of pyridine rings is 1. The van der Waals surface area contributed by atoms with Crippen molar-refractivity contribution in [2.24, 2.45) is 0 Å². The third kappa shape index (κ3) is 2.93. The first-order valence-corrected chi connectivity index (χ1v) is 5.35. The molecule has 1 aromatic heterocycles. The fourth-order valence-electron chi connectivity index (χ4n) is 1.52. The molecule has 2 heteroatoms. The van der Waals surface area contributed by atoms with E-state index in [0.29, 0.717) is 12.3 Å². The predicted octanol–water partition coefficient (Wildman–Crippen LogP) is 2.88. The van der Waals surface area contributed by atoms with Crippen LogP contribution in [0.2, 0.25) is 0 Å². The average Bonchev–Trinajstić information content (AvgIpc) is 2.98. The van der Waals surface area contributed by atoms with Crippen LogP contribution in [0.3, 0.4) is 0 Å². The van der Waals surface area contributed by atoms with Gasteiger partial charge in [0.2, 0.25) is 0 Å². The van der Waals surface area contributed by atoms with Crippen LogP contribution in [0.1, 0.15) is 11.3 Å². The van der Waals surface area contributed by atoms with Crippen molar-refractivity contribution in [3.05, 3.63) is 53.9 Å². The molecule has 0 saturated heterocycles. The highest BCUT2D eigenvalue weighted by Gasteiger charge is 2.06. The van der Waals surface area contributed by atoms with Gasteiger partial charge in [0.15, 0.2) is 0 Å². The molecular weight excluding hydrogens is 210 g/mol. The molecule has 2 aliphatic carbocycles. The van der Waals surface area contributed by atoms with E-state index in [1.807, 2.05) is 12.1 Å². The van der Waals surface area contributed by atoms with E-state index in [4.69, 9.17) is 11.2 Å². The first kappa shape index (κ1) is 11.4. The Bertz CT molecular complexity index is 538. The summed E-state index contributed by atoms with van der Waals surface area (Å²) >= 11 is 0. The molecule has 0 unspecified atom stereocenters. The fraction of sp³-hybridized carbons (Fsp3) is 0.133. The van der Waals surface area contributed by atoms with Crippen molar-refractivity contribution in [2.75, 3.05) is 7.11 Å². The van der Waals surface area contributed by atoms with Crippen LogP contribution in [0, 0.1) is 12.3 Å². The molecule has 3 rings (SSSR count). The maximum absolute atomic E-state index is 5.21. The number of hydrogen-bond donors (Lipinski definition) is 0. The SMILES string of the molecule is C#Cc1ncccc1COC.c1cc2cc-2c1. The topological polar surface area (TPSA) is 22.1 Å². The Morgan fingerprint density at radius 1 is 1.24 bits per heavy atom. The Kier molecular flexibility index (Phi) is 3.54. The third-order valence-electron chi connectivity index (χ3n) is 2.44. The van der Waals surface area contributed by atoms with E-state index in [9.17, 15) is 0 Å². The minimum atomic E-state index is 0.521. The Hall–Kier alpha value is -2.11. The molecule has 0 aromatic carbocycles. The molecule has 0 spiro atoms. The molecule has 0 saturated carbocycles. The quantitative estimate of drug-likeness (QED) is 0.623. The monoisotopic (exact) mass is 223 g/mol. The van der Waals surface area contributed by atoms with Crippen molar-refractivity contribution in [3.8, 4) is 23.5 Å². The van der Waals surface area contributed by atoms with Crippen LogP contribution < -0.4 is 0 Å². The first-order chi connectivity index (χ1) is 8.35. The lowest BCUT2D eigenvalue weighted by Crippen LogP contribution is -1.93. The Labute approximate surface area is 101 Å². The van der Waals surface area contributed by atoms with E-state index >= 15 is 0 Å². The number of hydrogen-bond acceptors (Lipinski definition) is 2. The minimum Gasteiger partial charge on any atom is -0.380 e. The number of nitrogens with zero attached hydrogens (tertiary/aromatic N) is 1. The molecule has 1 heterocycles. The van der Waals surface area contributed by atoms with Gasteiger partial charge in [-0.05, 0) is 29.2 Å². The summed E-state index contributed by atoms with van der Waals surface area (Å²) in [7, 11) is 1.63. The smallest absolute Gasteiger partial charge is 0.118 e. The van der Waals surface area contributed by atoms with Crippen molar-refractivity contribution < 1.29 is 4.74 Å². The zero-order valence-corrected chi connectivity index (χ0v) is 9.68. The number of terminal acetylenes is 1. The second-order valence-electron chi connectivity index (χ2n) is 3.67. The number of rotatable bonds is 2. The highest BCUT2D eigenvalue weighted by Crippen LogP contribution is 2.32. The molecule has 0 radical (unpaired) electrons. The van der Waals surface area contributed by atoms with Gasteiger partial charge in [0.05, 0.1) is 6.61 Å². The van der Waals surface area contributed by atoms with Crippen LogP contribution in [-0.4, -0.2) is 12.1 Å². The molecule has 0 aliphatic heterocycles. The van der Waals surface area contributed by atoms with Crippen molar-refractivity contribution in [3.63, 3.8) is 0 Å². The average molecular weight is 223 g/mol. The highest BCUT2D eigenvalue weighted by atomic mass is 16.5. The van der Waals surface area contributed by atoms with Gasteiger partial charge in [-0.3, -0.25) is 0 Å². The summed E-state index contributed by atoms with van der Waals surface area (Å²) in [6.07, 6.45) is 6.89. The Balaban J connectivity index is 0.000000148. The van der Waals surface area contributed by atoms with Gasteiger partial charge in [0.1, 0.15) is 5.69 Å². The van der Waals surface area contributed by atoms with Crippen molar-refractivity contribution in [1.29, 1.82) is 0 Å². The predicted molar refractivity (Wildman–Crippen MR) is 68.3 cm³/mol. The van der Waals surface area contributed by atoms with Crippen molar-refractivity contribution >= 4 is 0 Å². The van der Waals surface area contributed by atoms with E-state index in [1.165, 1.54) is 11.1 Å². The minimum absolute atomic E-state index is 0.521. The van der Waals surface area contributed by atoms with Crippen LogP contribution in [0.15, 0.2) is 42.6 Å². The lowest BCUT2D eigenvalue weighted by atomic mass is 10.2. The van der Waals surface area contributed by atoms with Gasteiger partial charge in [-0.2, -0.15) is 0 Å². The summed E-state index contributed by atoms with van der Waals surface area (Å²) in [4.78, 5) is 4.00. The zero-order valence-electron chi connectivity index (χ0n) is 9.68. The van der Waals surface area contributed by atoms with Crippen LogP contribution in [-0.2, 0) is 11.3 Å². The number of benzene rings is 1. The maximum atomic E-state index is 5.21. The summed E-state index contributed by atoms with van der Waals surface area (Å²) in [6.45, 7) is 0.521. The summed E-state index contributed by atoms with van der Waals surface area (Å²) in [5.74, 6) is 2.49. The molecule has 0 bridgehead atoms. The fourth-order valence-corrected chi connectivity index (χ4v) is 1.52. The summed E-state index contributed by atoms with van der Waals surface area (Å²) in [6, 6.07) is 12.2. The molecule has 0 fully saturated rings. The Morgan fingerprint density at radius 3 is 2.47 bits per heavy atom. The molecule has 2 aliphatic rings. The van der Waals surface area contributed by atoms with Crippen LogP contribution in [0.5, 0.6) is 0 Å². The molecule has 2 nitrogen and oxygen atoms in total. The Morgan fingerprint density at radius 2 is 2.00 bits per heavy atom. The standard InChI is InChI=1S/C9H9NO.C6H4/c1-3-9-8(7-11-2)5-4-6-10-9;1-2-5-4-6(5)3-1/h1,4-6H,7H2,2H3;1-4H. The van der Waals surface area contributed by atoms with Crippen molar-refractivity contribution in [1.82, 2.24) is 4.98 Å². The third-order valence-corrected chi connectivity index (χ3v) is 2.44. The van der Waals surface area contributed by atoms with E-state index in [0.717, 1.165) is 5.56 Å². The molecule has 84 valence electrons. The highest BCUT2D eigenvalue weighted by molar-refractivity contribution is 5.80. The summed E-state index contributed by atoms with van der Waals surface area (Å²) in [5.41, 5.74) is 4.47. The summed E-state index contributed by atoms with van der Waals surface area (Å²) < 4.78 is 4.93. The lowest BCUT2D eigenvalue weighted by Gasteiger charge is -2.00. The molecule has 0 N–H and O–H groups in total. The molecule has 0 atom stereocenters. The van der Waals surface area contributed by atoms with E-state index in [-0.39, 0.29) is 0 Å². The second kappa shape index (κ2) is 5.29. The van der Waals surface area contributed by atoms with E-state index in [2.05, 4.69) is 35.2 Å². The molecule has 17 heavy (non-hydrogen) atoms. The lowest BCUT2D eigenvalue weighted by molar-refractivity contribution is 0.184. The van der Waals surface area contributed by atoms with Gasteiger partial charge < -0.3 is 4.74 Å². The van der Waals surface area contributed by atoms with Crippen LogP contribution in [0.4, 0.5) is 0 Å². The zero-order chi connectivity index (χ0) is 12.1. The number of methoxy groups -OCH3 is 1.